The second kappa shape index (κ2) is 7.70. The van der Waals surface area contributed by atoms with E-state index >= 15 is 0 Å². The van der Waals surface area contributed by atoms with Crippen LogP contribution in [0.25, 0.3) is 5.57 Å². The van der Waals surface area contributed by atoms with Crippen LogP contribution in [0, 0.1) is 5.92 Å². The number of nitrogens with zero attached hydrogens (tertiary/aromatic N) is 1. The van der Waals surface area contributed by atoms with E-state index in [1.165, 1.54) is 31.4 Å². The van der Waals surface area contributed by atoms with Crippen molar-refractivity contribution in [1.82, 2.24) is 10.2 Å². The Morgan fingerprint density at radius 2 is 1.96 bits per heavy atom. The van der Waals surface area contributed by atoms with Crippen molar-refractivity contribution in [3.8, 4) is 0 Å². The quantitative estimate of drug-likeness (QED) is 0.886. The molecule has 0 saturated carbocycles. The lowest BCUT2D eigenvalue weighted by Gasteiger charge is -2.29. The molecule has 0 aromatic heterocycles. The number of halogens is 3. The SMILES string of the molecule is FC(F)(F)c1cccc(C2=CCN(CCC3CCNCC3)CC2)c1. The molecule has 2 heterocycles. The molecule has 24 heavy (non-hydrogen) atoms. The first-order chi connectivity index (χ1) is 11.5. The second-order valence-electron chi connectivity index (χ2n) is 6.84. The molecule has 132 valence electrons. The molecule has 0 atom stereocenters. The molecule has 2 aliphatic rings. The van der Waals surface area contributed by atoms with Gasteiger partial charge in [0.1, 0.15) is 0 Å². The van der Waals surface area contributed by atoms with Crippen LogP contribution >= 0.6 is 0 Å². The standard InChI is InChI=1S/C19H25F3N2/c20-19(21,22)18-3-1-2-17(14-18)16-7-12-24(13-8-16)11-6-15-4-9-23-10-5-15/h1-3,7,14-15,23H,4-6,8-13H2. The van der Waals surface area contributed by atoms with E-state index in [-0.39, 0.29) is 0 Å². The topological polar surface area (TPSA) is 15.3 Å². The molecule has 0 radical (unpaired) electrons. The van der Waals surface area contributed by atoms with E-state index in [0.29, 0.717) is 5.56 Å². The summed E-state index contributed by atoms with van der Waals surface area (Å²) < 4.78 is 38.5. The summed E-state index contributed by atoms with van der Waals surface area (Å²) in [5, 5.41) is 3.39. The van der Waals surface area contributed by atoms with E-state index in [0.717, 1.165) is 56.7 Å². The molecule has 2 aliphatic heterocycles. The smallest absolute Gasteiger partial charge is 0.317 e. The molecule has 1 fully saturated rings. The number of piperidine rings is 1. The average Bonchev–Trinajstić information content (AvgIpc) is 2.61. The van der Waals surface area contributed by atoms with Gasteiger partial charge in [-0.15, -0.1) is 0 Å². The van der Waals surface area contributed by atoms with Crippen LogP contribution in [-0.2, 0) is 6.18 Å². The number of benzene rings is 1. The molecule has 1 aromatic rings. The van der Waals surface area contributed by atoms with Gasteiger partial charge in [0, 0.05) is 13.1 Å². The molecule has 1 aromatic carbocycles. The van der Waals surface area contributed by atoms with Crippen LogP contribution in [0.15, 0.2) is 30.3 Å². The van der Waals surface area contributed by atoms with Crippen molar-refractivity contribution in [3.63, 3.8) is 0 Å². The Hall–Kier alpha value is -1.33. The van der Waals surface area contributed by atoms with Crippen molar-refractivity contribution >= 4 is 5.57 Å². The van der Waals surface area contributed by atoms with Gasteiger partial charge in [-0.1, -0.05) is 18.2 Å². The highest BCUT2D eigenvalue weighted by Crippen LogP contribution is 2.32. The minimum Gasteiger partial charge on any atom is -0.317 e. The molecule has 0 spiro atoms. The fourth-order valence-corrected chi connectivity index (χ4v) is 3.61. The highest BCUT2D eigenvalue weighted by Gasteiger charge is 2.30. The molecule has 0 amide bonds. The van der Waals surface area contributed by atoms with E-state index in [1.54, 1.807) is 6.07 Å². The lowest BCUT2D eigenvalue weighted by Crippen LogP contribution is -2.33. The Kier molecular flexibility index (Phi) is 5.61. The lowest BCUT2D eigenvalue weighted by molar-refractivity contribution is -0.137. The Bertz CT molecular complexity index is 574. The summed E-state index contributed by atoms with van der Waals surface area (Å²) >= 11 is 0. The van der Waals surface area contributed by atoms with Gasteiger partial charge in [-0.3, -0.25) is 4.90 Å². The number of nitrogens with one attached hydrogen (secondary N) is 1. The van der Waals surface area contributed by atoms with Crippen LogP contribution in [0.2, 0.25) is 0 Å². The summed E-state index contributed by atoms with van der Waals surface area (Å²) in [7, 11) is 0. The van der Waals surface area contributed by atoms with Crippen LogP contribution in [0.4, 0.5) is 13.2 Å². The van der Waals surface area contributed by atoms with Gasteiger partial charge < -0.3 is 5.32 Å². The van der Waals surface area contributed by atoms with Crippen LogP contribution < -0.4 is 5.32 Å². The van der Waals surface area contributed by atoms with Crippen molar-refractivity contribution in [2.45, 2.75) is 31.9 Å². The third kappa shape index (κ3) is 4.61. The Morgan fingerprint density at radius 1 is 1.17 bits per heavy atom. The van der Waals surface area contributed by atoms with Crippen molar-refractivity contribution < 1.29 is 13.2 Å². The summed E-state index contributed by atoms with van der Waals surface area (Å²) in [4.78, 5) is 2.42. The van der Waals surface area contributed by atoms with Gasteiger partial charge in [0.05, 0.1) is 5.56 Å². The summed E-state index contributed by atoms with van der Waals surface area (Å²) in [6, 6.07) is 5.70. The average molecular weight is 338 g/mol. The van der Waals surface area contributed by atoms with Gasteiger partial charge in [0.25, 0.3) is 0 Å². The van der Waals surface area contributed by atoms with E-state index in [2.05, 4.69) is 16.3 Å². The summed E-state index contributed by atoms with van der Waals surface area (Å²) in [6.45, 7) is 5.13. The number of rotatable bonds is 4. The first-order valence-electron chi connectivity index (χ1n) is 8.82. The largest absolute Gasteiger partial charge is 0.416 e. The minimum absolute atomic E-state index is 0.561. The molecule has 3 rings (SSSR count). The fraction of sp³-hybridized carbons (Fsp3) is 0.579. The Morgan fingerprint density at radius 3 is 2.62 bits per heavy atom. The summed E-state index contributed by atoms with van der Waals surface area (Å²) in [5.41, 5.74) is 1.19. The van der Waals surface area contributed by atoms with E-state index in [4.69, 9.17) is 0 Å². The fourth-order valence-electron chi connectivity index (χ4n) is 3.61. The lowest BCUT2D eigenvalue weighted by atomic mass is 9.93. The number of alkyl halides is 3. The van der Waals surface area contributed by atoms with Crippen molar-refractivity contribution in [2.24, 2.45) is 5.92 Å². The predicted octanol–water partition coefficient (Wildman–Crippen LogP) is 4.18. The summed E-state index contributed by atoms with van der Waals surface area (Å²) in [5.74, 6) is 0.820. The Labute approximate surface area is 141 Å². The first-order valence-corrected chi connectivity index (χ1v) is 8.82. The monoisotopic (exact) mass is 338 g/mol. The maximum atomic E-state index is 12.8. The molecule has 0 unspecified atom stereocenters. The highest BCUT2D eigenvalue weighted by molar-refractivity contribution is 5.67. The molecular formula is C19H25F3N2. The van der Waals surface area contributed by atoms with Crippen LogP contribution in [0.3, 0.4) is 0 Å². The normalized spacial score (nSPS) is 20.9. The third-order valence-electron chi connectivity index (χ3n) is 5.17. The van der Waals surface area contributed by atoms with Gasteiger partial charge in [0.2, 0.25) is 0 Å². The zero-order chi connectivity index (χ0) is 17.0. The Balaban J connectivity index is 1.55. The zero-order valence-electron chi connectivity index (χ0n) is 13.9. The molecule has 0 aliphatic carbocycles. The van der Waals surface area contributed by atoms with Crippen LogP contribution in [0.1, 0.15) is 36.8 Å². The van der Waals surface area contributed by atoms with Crippen molar-refractivity contribution in [1.29, 1.82) is 0 Å². The van der Waals surface area contributed by atoms with E-state index in [9.17, 15) is 13.2 Å². The highest BCUT2D eigenvalue weighted by atomic mass is 19.4. The van der Waals surface area contributed by atoms with Gasteiger partial charge in [-0.25, -0.2) is 0 Å². The van der Waals surface area contributed by atoms with Crippen molar-refractivity contribution in [3.05, 3.63) is 41.5 Å². The predicted molar refractivity (Wildman–Crippen MR) is 90.7 cm³/mol. The molecule has 2 nitrogen and oxygen atoms in total. The second-order valence-corrected chi connectivity index (χ2v) is 6.84. The van der Waals surface area contributed by atoms with Gasteiger partial charge >= 0.3 is 6.18 Å². The minimum atomic E-state index is -4.27. The third-order valence-corrected chi connectivity index (χ3v) is 5.17. The maximum absolute atomic E-state index is 12.8. The van der Waals surface area contributed by atoms with E-state index < -0.39 is 11.7 Å². The van der Waals surface area contributed by atoms with Gasteiger partial charge in [-0.05, 0) is 74.5 Å². The molecule has 1 N–H and O–H groups in total. The first kappa shape index (κ1) is 17.5. The number of hydrogen-bond donors (Lipinski definition) is 1. The zero-order valence-corrected chi connectivity index (χ0v) is 13.9. The maximum Gasteiger partial charge on any atom is 0.416 e. The molecular weight excluding hydrogens is 313 g/mol. The summed E-state index contributed by atoms with van der Waals surface area (Å²) in [6.07, 6.45) is 2.41. The molecule has 0 bridgehead atoms. The van der Waals surface area contributed by atoms with Gasteiger partial charge in [0.15, 0.2) is 0 Å². The van der Waals surface area contributed by atoms with Crippen molar-refractivity contribution in [2.75, 3.05) is 32.7 Å². The van der Waals surface area contributed by atoms with E-state index in [1.807, 2.05) is 0 Å². The van der Waals surface area contributed by atoms with Crippen LogP contribution in [0.5, 0.6) is 0 Å². The van der Waals surface area contributed by atoms with Gasteiger partial charge in [-0.2, -0.15) is 13.2 Å². The number of hydrogen-bond acceptors (Lipinski definition) is 2. The molecule has 5 heteroatoms. The van der Waals surface area contributed by atoms with Crippen LogP contribution in [-0.4, -0.2) is 37.6 Å². The molecule has 1 saturated heterocycles.